The van der Waals surface area contributed by atoms with Crippen LogP contribution < -0.4 is 10.2 Å². The van der Waals surface area contributed by atoms with Gasteiger partial charge in [0, 0.05) is 36.2 Å². The first-order valence-corrected chi connectivity index (χ1v) is 10.8. The molecule has 1 fully saturated rings. The van der Waals surface area contributed by atoms with Crippen molar-refractivity contribution in [2.45, 2.75) is 5.54 Å². The first-order valence-electron chi connectivity index (χ1n) is 9.86. The van der Waals surface area contributed by atoms with Crippen LogP contribution >= 0.6 is 11.8 Å². The predicted octanol–water partition coefficient (Wildman–Crippen LogP) is 2.88. The molecule has 0 spiro atoms. The molecule has 5 rings (SSSR count). The van der Waals surface area contributed by atoms with Crippen LogP contribution in [0.5, 0.6) is 0 Å². The van der Waals surface area contributed by atoms with Crippen LogP contribution in [0.2, 0.25) is 0 Å². The summed E-state index contributed by atoms with van der Waals surface area (Å²) < 4.78 is 13.3. The number of amides is 1. The molecule has 156 valence electrons. The van der Waals surface area contributed by atoms with Crippen molar-refractivity contribution in [2.24, 2.45) is 10.9 Å². The lowest BCUT2D eigenvalue weighted by Gasteiger charge is -2.35. The van der Waals surface area contributed by atoms with E-state index in [1.54, 1.807) is 24.5 Å². The van der Waals surface area contributed by atoms with Gasteiger partial charge in [0.15, 0.2) is 11.0 Å². The van der Waals surface area contributed by atoms with E-state index in [2.05, 4.69) is 20.3 Å². The highest BCUT2D eigenvalue weighted by Crippen LogP contribution is 2.46. The van der Waals surface area contributed by atoms with E-state index in [-0.39, 0.29) is 11.8 Å². The summed E-state index contributed by atoms with van der Waals surface area (Å²) in [5, 5.41) is 3.55. The van der Waals surface area contributed by atoms with Gasteiger partial charge in [0.1, 0.15) is 5.54 Å². The fourth-order valence-electron chi connectivity index (χ4n) is 4.09. The highest BCUT2D eigenvalue weighted by Gasteiger charge is 2.51. The van der Waals surface area contributed by atoms with Gasteiger partial charge in [-0.3, -0.25) is 9.78 Å². The Morgan fingerprint density at radius 2 is 1.87 bits per heavy atom. The number of hydrogen-bond acceptors (Lipinski definition) is 7. The molecule has 1 N–H and O–H groups in total. The Morgan fingerprint density at radius 3 is 2.61 bits per heavy atom. The number of hydrogen-bond donors (Lipinski definition) is 1. The second-order valence-electron chi connectivity index (χ2n) is 7.49. The summed E-state index contributed by atoms with van der Waals surface area (Å²) in [4.78, 5) is 32.2. The number of rotatable bonds is 3. The molecular weight excluding hydrogens is 415 g/mol. The van der Waals surface area contributed by atoms with Crippen LogP contribution in [0, 0.1) is 11.7 Å². The van der Waals surface area contributed by atoms with Crippen molar-refractivity contribution >= 4 is 28.8 Å². The minimum atomic E-state index is -0.578. The SMILES string of the molecule is O=C(NC1=NC2(c3ccncc3)CN(c3ncc(F)cn3)CC2CS1)c1ccccc1. The molecule has 9 heteroatoms. The van der Waals surface area contributed by atoms with Gasteiger partial charge in [0.25, 0.3) is 5.91 Å². The lowest BCUT2D eigenvalue weighted by molar-refractivity contribution is 0.0977. The Labute approximate surface area is 182 Å². The summed E-state index contributed by atoms with van der Waals surface area (Å²) in [5.41, 5.74) is 1.02. The van der Waals surface area contributed by atoms with Crippen molar-refractivity contribution in [3.05, 3.63) is 84.2 Å². The monoisotopic (exact) mass is 434 g/mol. The number of halogens is 1. The van der Waals surface area contributed by atoms with Gasteiger partial charge in [0.2, 0.25) is 5.95 Å². The number of thioether (sulfide) groups is 1. The maximum Gasteiger partial charge on any atom is 0.257 e. The summed E-state index contributed by atoms with van der Waals surface area (Å²) in [6, 6.07) is 13.0. The third-order valence-electron chi connectivity index (χ3n) is 5.60. The molecule has 0 radical (unpaired) electrons. The molecule has 0 saturated carbocycles. The molecular formula is C22H19FN6OS. The number of nitrogens with zero attached hydrogens (tertiary/aromatic N) is 5. The quantitative estimate of drug-likeness (QED) is 0.683. The van der Waals surface area contributed by atoms with E-state index in [4.69, 9.17) is 4.99 Å². The zero-order valence-corrected chi connectivity index (χ0v) is 17.3. The molecule has 0 bridgehead atoms. The van der Waals surface area contributed by atoms with Gasteiger partial charge in [-0.05, 0) is 29.8 Å². The Kier molecular flexibility index (Phi) is 5.11. The average Bonchev–Trinajstić information content (AvgIpc) is 3.21. The van der Waals surface area contributed by atoms with Crippen molar-refractivity contribution in [1.29, 1.82) is 0 Å². The Morgan fingerprint density at radius 1 is 1.13 bits per heavy atom. The van der Waals surface area contributed by atoms with Crippen molar-refractivity contribution in [2.75, 3.05) is 23.7 Å². The normalized spacial score (nSPS) is 22.5. The predicted molar refractivity (Wildman–Crippen MR) is 117 cm³/mol. The smallest absolute Gasteiger partial charge is 0.257 e. The molecule has 2 atom stereocenters. The number of carbonyl (C=O) groups is 1. The van der Waals surface area contributed by atoms with Gasteiger partial charge in [0.05, 0.1) is 18.9 Å². The maximum atomic E-state index is 13.3. The highest BCUT2D eigenvalue weighted by atomic mass is 32.2. The van der Waals surface area contributed by atoms with E-state index in [1.807, 2.05) is 35.2 Å². The van der Waals surface area contributed by atoms with Gasteiger partial charge < -0.3 is 10.2 Å². The molecule has 2 aliphatic heterocycles. The fraction of sp³-hybridized carbons (Fsp3) is 0.227. The van der Waals surface area contributed by atoms with Crippen molar-refractivity contribution in [3.8, 4) is 0 Å². The van der Waals surface area contributed by atoms with Crippen LogP contribution in [-0.4, -0.2) is 44.9 Å². The molecule has 1 aromatic carbocycles. The third-order valence-corrected chi connectivity index (χ3v) is 6.63. The molecule has 31 heavy (non-hydrogen) atoms. The van der Waals surface area contributed by atoms with Crippen LogP contribution in [-0.2, 0) is 5.54 Å². The minimum absolute atomic E-state index is 0.172. The van der Waals surface area contributed by atoms with Crippen molar-refractivity contribution < 1.29 is 9.18 Å². The van der Waals surface area contributed by atoms with Crippen LogP contribution in [0.4, 0.5) is 10.3 Å². The summed E-state index contributed by atoms with van der Waals surface area (Å²) in [6.07, 6.45) is 5.84. The van der Waals surface area contributed by atoms with Gasteiger partial charge >= 0.3 is 0 Å². The lowest BCUT2D eigenvalue weighted by atomic mass is 9.82. The third kappa shape index (κ3) is 3.76. The number of amidine groups is 1. The standard InChI is InChI=1S/C22H19FN6OS/c23-18-10-25-20(26-11-18)29-12-17-13-31-21(27-19(30)15-4-2-1-3-5-15)28-22(17,14-29)16-6-8-24-9-7-16/h1-11,17H,12-14H2,(H,27,28,30). The van der Waals surface area contributed by atoms with Gasteiger partial charge in [-0.25, -0.2) is 19.4 Å². The summed E-state index contributed by atoms with van der Waals surface area (Å²) in [5.74, 6) is 0.759. The second kappa shape index (κ2) is 8.07. The topological polar surface area (TPSA) is 83.4 Å². The maximum absolute atomic E-state index is 13.3. The van der Waals surface area contributed by atoms with E-state index in [9.17, 15) is 9.18 Å². The molecule has 1 amide bonds. The second-order valence-corrected chi connectivity index (χ2v) is 8.50. The van der Waals surface area contributed by atoms with E-state index < -0.39 is 11.4 Å². The Hall–Kier alpha value is -3.33. The molecule has 1 saturated heterocycles. The number of aromatic nitrogens is 3. The van der Waals surface area contributed by atoms with Gasteiger partial charge in [-0.1, -0.05) is 30.0 Å². The van der Waals surface area contributed by atoms with E-state index in [0.29, 0.717) is 29.8 Å². The first-order chi connectivity index (χ1) is 15.1. The number of benzene rings is 1. The van der Waals surface area contributed by atoms with Crippen LogP contribution in [0.15, 0.2) is 72.2 Å². The number of anilines is 1. The zero-order valence-electron chi connectivity index (χ0n) is 16.5. The zero-order chi connectivity index (χ0) is 21.3. The average molecular weight is 435 g/mol. The number of nitrogens with one attached hydrogen (secondary N) is 1. The van der Waals surface area contributed by atoms with E-state index in [1.165, 1.54) is 24.2 Å². The van der Waals surface area contributed by atoms with Gasteiger partial charge in [-0.15, -0.1) is 0 Å². The lowest BCUT2D eigenvalue weighted by Crippen LogP contribution is -2.42. The molecule has 3 aromatic rings. The molecule has 2 aliphatic rings. The number of aliphatic imine (C=N–C) groups is 1. The largest absolute Gasteiger partial charge is 0.338 e. The molecule has 7 nitrogen and oxygen atoms in total. The first kappa shape index (κ1) is 19.6. The summed E-state index contributed by atoms with van der Waals surface area (Å²) in [6.45, 7) is 1.21. The molecule has 2 aromatic heterocycles. The molecule has 4 heterocycles. The van der Waals surface area contributed by atoms with E-state index in [0.717, 1.165) is 11.3 Å². The number of fused-ring (bicyclic) bond motifs is 1. The number of carbonyl (C=O) groups excluding carboxylic acids is 1. The van der Waals surface area contributed by atoms with Crippen molar-refractivity contribution in [1.82, 2.24) is 20.3 Å². The molecule has 0 aliphatic carbocycles. The minimum Gasteiger partial charge on any atom is -0.338 e. The number of pyridine rings is 1. The van der Waals surface area contributed by atoms with Crippen LogP contribution in [0.1, 0.15) is 15.9 Å². The van der Waals surface area contributed by atoms with Crippen LogP contribution in [0.25, 0.3) is 0 Å². The summed E-state index contributed by atoms with van der Waals surface area (Å²) >= 11 is 1.53. The highest BCUT2D eigenvalue weighted by molar-refractivity contribution is 8.13. The Balaban J connectivity index is 1.49. The van der Waals surface area contributed by atoms with E-state index >= 15 is 0 Å². The Bertz CT molecular complexity index is 1110. The summed E-state index contributed by atoms with van der Waals surface area (Å²) in [7, 11) is 0. The van der Waals surface area contributed by atoms with Gasteiger partial charge in [-0.2, -0.15) is 0 Å². The van der Waals surface area contributed by atoms with Crippen molar-refractivity contribution in [3.63, 3.8) is 0 Å². The fourth-order valence-corrected chi connectivity index (χ4v) is 5.22. The molecule has 2 unspecified atom stereocenters. The van der Waals surface area contributed by atoms with Crippen LogP contribution in [0.3, 0.4) is 0 Å².